The fourth-order valence-electron chi connectivity index (χ4n) is 4.42. The zero-order valence-electron chi connectivity index (χ0n) is 15.3. The van der Waals surface area contributed by atoms with E-state index in [2.05, 4.69) is 9.88 Å². The number of fused-ring (bicyclic) bond motifs is 1. The van der Waals surface area contributed by atoms with Gasteiger partial charge in [0.2, 0.25) is 0 Å². The minimum atomic E-state index is 0.0755. The van der Waals surface area contributed by atoms with Crippen molar-refractivity contribution in [3.05, 3.63) is 53.7 Å². The molecule has 6 nitrogen and oxygen atoms in total. The summed E-state index contributed by atoms with van der Waals surface area (Å²) in [4.78, 5) is 21.6. The van der Waals surface area contributed by atoms with Gasteiger partial charge >= 0.3 is 0 Å². The number of piperidine rings is 1. The number of hydrogen-bond acceptors (Lipinski definition) is 5. The number of carbonyl (C=O) groups is 1. The molecule has 0 radical (unpaired) electrons. The molecule has 0 bridgehead atoms. The van der Waals surface area contributed by atoms with Gasteiger partial charge in [0, 0.05) is 51.6 Å². The Bertz CT molecular complexity index is 761. The summed E-state index contributed by atoms with van der Waals surface area (Å²) in [5.41, 5.74) is 1.92. The van der Waals surface area contributed by atoms with E-state index in [0.717, 1.165) is 32.6 Å². The molecule has 0 unspecified atom stereocenters. The predicted molar refractivity (Wildman–Crippen MR) is 96.7 cm³/mol. The van der Waals surface area contributed by atoms with Crippen LogP contribution in [0.1, 0.15) is 28.1 Å². The number of aryl methyl sites for hydroxylation is 1. The lowest BCUT2D eigenvalue weighted by molar-refractivity contribution is -0.0157. The molecular formula is C20H25N3O3. The average molecular weight is 355 g/mol. The molecule has 0 saturated carbocycles. The van der Waals surface area contributed by atoms with Crippen LogP contribution >= 0.6 is 0 Å². The van der Waals surface area contributed by atoms with Crippen molar-refractivity contribution in [3.8, 4) is 0 Å². The molecule has 2 aliphatic heterocycles. The molecule has 1 amide bonds. The topological polar surface area (TPSA) is 58.8 Å². The summed E-state index contributed by atoms with van der Waals surface area (Å²) in [6.45, 7) is 5.26. The molecular weight excluding hydrogens is 330 g/mol. The molecule has 3 atom stereocenters. The number of amides is 1. The zero-order valence-corrected chi connectivity index (χ0v) is 15.3. The van der Waals surface area contributed by atoms with Gasteiger partial charge in [-0.15, -0.1) is 0 Å². The highest BCUT2D eigenvalue weighted by Crippen LogP contribution is 2.34. The Labute approximate surface area is 153 Å². The summed E-state index contributed by atoms with van der Waals surface area (Å²) in [5, 5.41) is 0. The molecule has 2 aliphatic rings. The maximum atomic E-state index is 13.1. The van der Waals surface area contributed by atoms with Gasteiger partial charge < -0.3 is 14.1 Å². The van der Waals surface area contributed by atoms with Gasteiger partial charge in [0.05, 0.1) is 24.0 Å². The third kappa shape index (κ3) is 3.15. The van der Waals surface area contributed by atoms with E-state index in [1.165, 1.54) is 5.56 Å². The van der Waals surface area contributed by atoms with Crippen molar-refractivity contribution in [2.45, 2.75) is 32.0 Å². The molecule has 4 rings (SSSR count). The lowest BCUT2D eigenvalue weighted by Gasteiger charge is -2.41. The summed E-state index contributed by atoms with van der Waals surface area (Å²) in [6.07, 6.45) is 6.33. The standard InChI is InChI=1S/C20H25N3O3/c1-14-16(6-10-26-14)20(24)23-9-5-19(25-2)17-12-22(13-18(17)23)11-15-3-7-21-8-4-15/h3-4,6-8,10,17-19H,5,9,11-13H2,1-2H3/t17-,18+,19-/m1/s1. The van der Waals surface area contributed by atoms with E-state index >= 15 is 0 Å². The van der Waals surface area contributed by atoms with Crippen molar-refractivity contribution >= 4 is 5.91 Å². The van der Waals surface area contributed by atoms with Crippen LogP contribution < -0.4 is 0 Å². The summed E-state index contributed by atoms with van der Waals surface area (Å²) in [6, 6.07) is 6.05. The van der Waals surface area contributed by atoms with Crippen LogP contribution in [0, 0.1) is 12.8 Å². The van der Waals surface area contributed by atoms with Gasteiger partial charge in [0.1, 0.15) is 5.76 Å². The number of furan rings is 1. The lowest BCUT2D eigenvalue weighted by Crippen LogP contribution is -2.53. The second-order valence-corrected chi connectivity index (χ2v) is 7.23. The van der Waals surface area contributed by atoms with E-state index in [1.807, 2.05) is 36.4 Å². The lowest BCUT2D eigenvalue weighted by atomic mass is 9.88. The molecule has 26 heavy (non-hydrogen) atoms. The number of nitrogens with zero attached hydrogens (tertiary/aromatic N) is 3. The fraction of sp³-hybridized carbons (Fsp3) is 0.500. The van der Waals surface area contributed by atoms with E-state index in [1.54, 1.807) is 19.4 Å². The normalized spacial score (nSPS) is 26.1. The Morgan fingerprint density at radius 1 is 1.31 bits per heavy atom. The Hall–Kier alpha value is -2.18. The highest BCUT2D eigenvalue weighted by Gasteiger charge is 2.46. The zero-order chi connectivity index (χ0) is 18.1. The second kappa shape index (κ2) is 7.21. The number of aromatic nitrogens is 1. The summed E-state index contributed by atoms with van der Waals surface area (Å²) in [7, 11) is 1.78. The molecule has 4 heterocycles. The fourth-order valence-corrected chi connectivity index (χ4v) is 4.42. The van der Waals surface area contributed by atoms with Crippen LogP contribution in [0.4, 0.5) is 0 Å². The third-order valence-corrected chi connectivity index (χ3v) is 5.75. The highest BCUT2D eigenvalue weighted by molar-refractivity contribution is 5.95. The Kier molecular flexibility index (Phi) is 4.78. The monoisotopic (exact) mass is 355 g/mol. The molecule has 2 saturated heterocycles. The number of likely N-dealkylation sites (tertiary alicyclic amines) is 2. The Balaban J connectivity index is 1.54. The van der Waals surface area contributed by atoms with Gasteiger partial charge in [0.15, 0.2) is 0 Å². The highest BCUT2D eigenvalue weighted by atomic mass is 16.5. The second-order valence-electron chi connectivity index (χ2n) is 7.23. The molecule has 138 valence electrons. The van der Waals surface area contributed by atoms with Crippen molar-refractivity contribution < 1.29 is 13.9 Å². The molecule has 2 aromatic heterocycles. The van der Waals surface area contributed by atoms with Gasteiger partial charge in [-0.25, -0.2) is 0 Å². The first kappa shape index (κ1) is 17.2. The number of rotatable bonds is 4. The summed E-state index contributed by atoms with van der Waals surface area (Å²) >= 11 is 0. The van der Waals surface area contributed by atoms with Crippen LogP contribution in [0.2, 0.25) is 0 Å². The molecule has 0 spiro atoms. The number of hydrogen-bond donors (Lipinski definition) is 0. The largest absolute Gasteiger partial charge is 0.469 e. The van der Waals surface area contributed by atoms with Crippen molar-refractivity contribution in [2.24, 2.45) is 5.92 Å². The Morgan fingerprint density at radius 2 is 2.12 bits per heavy atom. The number of carbonyl (C=O) groups excluding carboxylic acids is 1. The van der Waals surface area contributed by atoms with E-state index < -0.39 is 0 Å². The summed E-state index contributed by atoms with van der Waals surface area (Å²) < 4.78 is 11.1. The van der Waals surface area contributed by atoms with Crippen LogP contribution in [0.25, 0.3) is 0 Å². The molecule has 0 aliphatic carbocycles. The predicted octanol–water partition coefficient (Wildman–Crippen LogP) is 2.34. The van der Waals surface area contributed by atoms with E-state index in [0.29, 0.717) is 17.2 Å². The molecule has 0 N–H and O–H groups in total. The van der Waals surface area contributed by atoms with Gasteiger partial charge in [-0.2, -0.15) is 0 Å². The Morgan fingerprint density at radius 3 is 2.81 bits per heavy atom. The van der Waals surface area contributed by atoms with E-state index in [9.17, 15) is 4.79 Å². The van der Waals surface area contributed by atoms with Gasteiger partial charge in [-0.3, -0.25) is 14.7 Å². The van der Waals surface area contributed by atoms with Crippen LogP contribution in [0.3, 0.4) is 0 Å². The van der Waals surface area contributed by atoms with Crippen LogP contribution in [0.15, 0.2) is 41.3 Å². The first-order valence-corrected chi connectivity index (χ1v) is 9.16. The molecule has 6 heteroatoms. The van der Waals surface area contributed by atoms with Crippen molar-refractivity contribution in [2.75, 3.05) is 26.7 Å². The number of pyridine rings is 1. The van der Waals surface area contributed by atoms with Crippen molar-refractivity contribution in [1.29, 1.82) is 0 Å². The molecule has 2 aromatic rings. The minimum absolute atomic E-state index is 0.0755. The van der Waals surface area contributed by atoms with Crippen LogP contribution in [0.5, 0.6) is 0 Å². The number of ether oxygens (including phenoxy) is 1. The molecule has 2 fully saturated rings. The average Bonchev–Trinajstić information content (AvgIpc) is 3.27. The maximum absolute atomic E-state index is 13.1. The van der Waals surface area contributed by atoms with E-state index in [-0.39, 0.29) is 18.1 Å². The van der Waals surface area contributed by atoms with Gasteiger partial charge in [-0.05, 0) is 37.1 Å². The number of methoxy groups -OCH3 is 1. The van der Waals surface area contributed by atoms with Gasteiger partial charge in [-0.1, -0.05) is 0 Å². The third-order valence-electron chi connectivity index (χ3n) is 5.75. The summed E-state index contributed by atoms with van der Waals surface area (Å²) in [5.74, 6) is 1.10. The maximum Gasteiger partial charge on any atom is 0.257 e. The van der Waals surface area contributed by atoms with Crippen molar-refractivity contribution in [1.82, 2.24) is 14.8 Å². The quantitative estimate of drug-likeness (QED) is 0.843. The van der Waals surface area contributed by atoms with Crippen molar-refractivity contribution in [3.63, 3.8) is 0 Å². The van der Waals surface area contributed by atoms with E-state index in [4.69, 9.17) is 9.15 Å². The van der Waals surface area contributed by atoms with Crippen LogP contribution in [-0.2, 0) is 11.3 Å². The first-order valence-electron chi connectivity index (χ1n) is 9.16. The van der Waals surface area contributed by atoms with Gasteiger partial charge in [0.25, 0.3) is 5.91 Å². The smallest absolute Gasteiger partial charge is 0.257 e. The minimum Gasteiger partial charge on any atom is -0.469 e. The molecule has 0 aromatic carbocycles. The first-order chi connectivity index (χ1) is 12.7. The van der Waals surface area contributed by atoms with Crippen LogP contribution in [-0.4, -0.2) is 59.6 Å². The SMILES string of the molecule is CO[C@@H]1CCN(C(=O)c2ccoc2C)[C@H]2CN(Cc3ccncc3)C[C@@H]12.